The van der Waals surface area contributed by atoms with Crippen LogP contribution in [0.4, 0.5) is 5.13 Å². The van der Waals surface area contributed by atoms with E-state index in [1.165, 1.54) is 33.5 Å². The van der Waals surface area contributed by atoms with E-state index >= 15 is 0 Å². The maximum atomic E-state index is 5.87. The quantitative estimate of drug-likeness (QED) is 0.789. The van der Waals surface area contributed by atoms with Crippen LogP contribution in [-0.4, -0.2) is 28.0 Å². The van der Waals surface area contributed by atoms with Crippen molar-refractivity contribution in [1.29, 1.82) is 0 Å². The highest BCUT2D eigenvalue weighted by Gasteiger charge is 2.23. The van der Waals surface area contributed by atoms with Crippen LogP contribution in [0.3, 0.4) is 0 Å². The summed E-state index contributed by atoms with van der Waals surface area (Å²) in [6, 6.07) is 8.33. The molecular formula is C17H18N4S. The Hall–Kier alpha value is -1.98. The summed E-state index contributed by atoms with van der Waals surface area (Å²) in [6.07, 6.45) is 1.00. The van der Waals surface area contributed by atoms with Crippen LogP contribution in [0, 0.1) is 0 Å². The average Bonchev–Trinajstić information content (AvgIpc) is 2.98. The van der Waals surface area contributed by atoms with Crippen molar-refractivity contribution in [2.75, 3.05) is 18.8 Å². The van der Waals surface area contributed by atoms with Gasteiger partial charge in [-0.3, -0.25) is 9.88 Å². The van der Waals surface area contributed by atoms with Crippen LogP contribution in [0.5, 0.6) is 0 Å². The minimum absolute atomic E-state index is 0.618. The van der Waals surface area contributed by atoms with Gasteiger partial charge in [-0.1, -0.05) is 25.1 Å². The molecule has 2 N–H and O–H groups in total. The Morgan fingerprint density at radius 1 is 1.27 bits per heavy atom. The van der Waals surface area contributed by atoms with Crippen LogP contribution in [-0.2, 0) is 13.0 Å². The van der Waals surface area contributed by atoms with Crippen LogP contribution in [0.2, 0.25) is 0 Å². The summed E-state index contributed by atoms with van der Waals surface area (Å²) in [5.74, 6) is 0. The van der Waals surface area contributed by atoms with Gasteiger partial charge in [0.2, 0.25) is 0 Å². The second kappa shape index (κ2) is 5.34. The summed E-state index contributed by atoms with van der Waals surface area (Å²) < 4.78 is 0. The minimum Gasteiger partial charge on any atom is -0.375 e. The summed E-state index contributed by atoms with van der Waals surface area (Å²) in [7, 11) is 0. The van der Waals surface area contributed by atoms with E-state index in [-0.39, 0.29) is 0 Å². The Morgan fingerprint density at radius 3 is 2.91 bits per heavy atom. The first-order valence-electron chi connectivity index (χ1n) is 7.60. The molecule has 2 aromatic heterocycles. The number of aromatic nitrogens is 2. The topological polar surface area (TPSA) is 55.0 Å². The molecule has 3 heterocycles. The first kappa shape index (κ1) is 13.7. The molecule has 0 bridgehead atoms. The number of anilines is 1. The third-order valence-corrected chi connectivity index (χ3v) is 5.02. The number of benzene rings is 1. The fourth-order valence-corrected chi connectivity index (χ4v) is 3.76. The van der Waals surface area contributed by atoms with Gasteiger partial charge in [0.25, 0.3) is 0 Å². The minimum atomic E-state index is 0.618. The molecule has 22 heavy (non-hydrogen) atoms. The zero-order chi connectivity index (χ0) is 15.1. The largest absolute Gasteiger partial charge is 0.375 e. The van der Waals surface area contributed by atoms with Gasteiger partial charge in [-0.05, 0) is 18.2 Å². The first-order chi connectivity index (χ1) is 10.8. The molecule has 0 amide bonds. The molecule has 4 nitrogen and oxygen atoms in total. The highest BCUT2D eigenvalue weighted by atomic mass is 32.1. The second-order valence-corrected chi connectivity index (χ2v) is 6.51. The van der Waals surface area contributed by atoms with Gasteiger partial charge in [-0.25, -0.2) is 4.98 Å². The van der Waals surface area contributed by atoms with Gasteiger partial charge in [-0.2, -0.15) is 0 Å². The van der Waals surface area contributed by atoms with Crippen LogP contribution in [0.25, 0.3) is 22.2 Å². The predicted octanol–water partition coefficient (Wildman–Crippen LogP) is 3.32. The van der Waals surface area contributed by atoms with Crippen molar-refractivity contribution in [3.8, 4) is 11.3 Å². The lowest BCUT2D eigenvalue weighted by atomic mass is 9.94. The molecule has 1 aromatic carbocycles. The highest BCUT2D eigenvalue weighted by molar-refractivity contribution is 7.13. The molecule has 1 aliphatic heterocycles. The van der Waals surface area contributed by atoms with Gasteiger partial charge in [0.05, 0.1) is 11.2 Å². The number of hydrogen-bond donors (Lipinski definition) is 1. The molecular weight excluding hydrogens is 292 g/mol. The van der Waals surface area contributed by atoms with Crippen molar-refractivity contribution in [2.45, 2.75) is 19.9 Å². The zero-order valence-corrected chi connectivity index (χ0v) is 13.4. The van der Waals surface area contributed by atoms with E-state index in [2.05, 4.69) is 40.4 Å². The molecule has 4 rings (SSSR count). The number of pyridine rings is 1. The molecule has 5 heteroatoms. The van der Waals surface area contributed by atoms with E-state index < -0.39 is 0 Å². The molecule has 0 radical (unpaired) electrons. The molecule has 0 saturated heterocycles. The van der Waals surface area contributed by atoms with Crippen molar-refractivity contribution < 1.29 is 0 Å². The fourth-order valence-electron chi connectivity index (χ4n) is 3.21. The van der Waals surface area contributed by atoms with Crippen molar-refractivity contribution in [1.82, 2.24) is 14.9 Å². The Morgan fingerprint density at radius 2 is 2.14 bits per heavy atom. The monoisotopic (exact) mass is 310 g/mol. The molecule has 0 fully saturated rings. The number of likely N-dealkylation sites (N-methyl/N-ethyl adjacent to an activating group) is 1. The van der Waals surface area contributed by atoms with Gasteiger partial charge in [-0.15, -0.1) is 11.3 Å². The standard InChI is InChI=1S/C17H18N4S/c1-2-21-8-7-14-12(9-21)16(15-10-22-17(18)20-15)11-5-3-4-6-13(11)19-14/h3-6,10H,2,7-9H2,1H3,(H2,18,20). The van der Waals surface area contributed by atoms with Gasteiger partial charge >= 0.3 is 0 Å². The number of nitrogens with zero attached hydrogens (tertiary/aromatic N) is 3. The summed E-state index contributed by atoms with van der Waals surface area (Å²) >= 11 is 1.50. The third-order valence-electron chi connectivity index (χ3n) is 4.35. The number of para-hydroxylation sites is 1. The smallest absolute Gasteiger partial charge is 0.180 e. The number of nitrogen functional groups attached to an aromatic ring is 1. The van der Waals surface area contributed by atoms with E-state index in [4.69, 9.17) is 10.7 Å². The first-order valence-corrected chi connectivity index (χ1v) is 8.48. The van der Waals surface area contributed by atoms with Crippen molar-refractivity contribution in [3.05, 3.63) is 40.9 Å². The van der Waals surface area contributed by atoms with E-state index in [0.29, 0.717) is 5.13 Å². The third kappa shape index (κ3) is 2.17. The van der Waals surface area contributed by atoms with E-state index in [1.807, 2.05) is 6.07 Å². The summed E-state index contributed by atoms with van der Waals surface area (Å²) in [4.78, 5) is 11.9. The van der Waals surface area contributed by atoms with Crippen LogP contribution >= 0.6 is 11.3 Å². The Balaban J connectivity index is 2.02. The summed E-state index contributed by atoms with van der Waals surface area (Å²) in [5, 5.41) is 3.85. The molecule has 0 aliphatic carbocycles. The maximum absolute atomic E-state index is 5.87. The van der Waals surface area contributed by atoms with Gasteiger partial charge in [0.15, 0.2) is 5.13 Å². The SMILES string of the molecule is CCN1CCc2nc3ccccc3c(-c3csc(N)n3)c2C1. The predicted molar refractivity (Wildman–Crippen MR) is 91.9 cm³/mol. The lowest BCUT2D eigenvalue weighted by molar-refractivity contribution is 0.266. The van der Waals surface area contributed by atoms with Gasteiger partial charge in [0.1, 0.15) is 0 Å². The number of thiazole rings is 1. The van der Waals surface area contributed by atoms with Crippen molar-refractivity contribution in [3.63, 3.8) is 0 Å². The Kier molecular flexibility index (Phi) is 3.32. The van der Waals surface area contributed by atoms with Crippen LogP contribution in [0.1, 0.15) is 18.2 Å². The number of hydrogen-bond acceptors (Lipinski definition) is 5. The van der Waals surface area contributed by atoms with Crippen LogP contribution in [0.15, 0.2) is 29.6 Å². The Labute approximate surface area is 133 Å². The highest BCUT2D eigenvalue weighted by Crippen LogP contribution is 2.36. The average molecular weight is 310 g/mol. The number of nitrogens with two attached hydrogens (primary N) is 1. The lowest BCUT2D eigenvalue weighted by Crippen LogP contribution is -2.31. The lowest BCUT2D eigenvalue weighted by Gasteiger charge is -2.29. The van der Waals surface area contributed by atoms with Crippen LogP contribution < -0.4 is 5.73 Å². The molecule has 0 saturated carbocycles. The van der Waals surface area contributed by atoms with Gasteiger partial charge in [0, 0.05) is 41.5 Å². The van der Waals surface area contributed by atoms with Gasteiger partial charge < -0.3 is 5.73 Å². The molecule has 3 aromatic rings. The summed E-state index contributed by atoms with van der Waals surface area (Å²) in [5.41, 5.74) is 11.6. The zero-order valence-electron chi connectivity index (χ0n) is 12.5. The molecule has 0 unspecified atom stereocenters. The van der Waals surface area contributed by atoms with Crippen molar-refractivity contribution >= 4 is 27.4 Å². The van der Waals surface area contributed by atoms with Crippen molar-refractivity contribution in [2.24, 2.45) is 0 Å². The molecule has 0 atom stereocenters. The fraction of sp³-hybridized carbons (Fsp3) is 0.294. The van der Waals surface area contributed by atoms with E-state index in [1.54, 1.807) is 0 Å². The van der Waals surface area contributed by atoms with E-state index in [0.717, 1.165) is 37.3 Å². The molecule has 1 aliphatic rings. The Bertz CT molecular complexity index is 840. The maximum Gasteiger partial charge on any atom is 0.180 e. The molecule has 0 spiro atoms. The van der Waals surface area contributed by atoms with E-state index in [9.17, 15) is 0 Å². The molecule has 112 valence electrons. The second-order valence-electron chi connectivity index (χ2n) is 5.62. The summed E-state index contributed by atoms with van der Waals surface area (Å²) in [6.45, 7) is 5.29. The number of rotatable bonds is 2. The number of fused-ring (bicyclic) bond motifs is 2. The normalized spacial score (nSPS) is 15.1.